The smallest absolute Gasteiger partial charge is 0.0542 e. The first-order chi connectivity index (χ1) is 8.70. The standard InChI is InChI=1S/C14H14ClIN2/c1-17-14(7-10-3-2-6-18-9-10)11-4-5-13(16)12(15)8-11/h2-6,8-9,14,17H,7H2,1H3. The van der Waals surface area contributed by atoms with E-state index in [2.05, 4.69) is 45.0 Å². The molecule has 0 saturated carbocycles. The second-order valence-electron chi connectivity index (χ2n) is 4.08. The maximum atomic E-state index is 6.17. The van der Waals surface area contributed by atoms with Crippen LogP contribution in [0.4, 0.5) is 0 Å². The second kappa shape index (κ2) is 6.50. The fraction of sp³-hybridized carbons (Fsp3) is 0.214. The molecular weight excluding hydrogens is 359 g/mol. The van der Waals surface area contributed by atoms with Crippen molar-refractivity contribution >= 4 is 34.2 Å². The zero-order valence-corrected chi connectivity index (χ0v) is 12.9. The maximum Gasteiger partial charge on any atom is 0.0542 e. The molecule has 4 heteroatoms. The molecule has 1 N–H and O–H groups in total. The van der Waals surface area contributed by atoms with Gasteiger partial charge in [0.05, 0.1) is 5.02 Å². The van der Waals surface area contributed by atoms with Crippen LogP contribution in [0.15, 0.2) is 42.7 Å². The van der Waals surface area contributed by atoms with Crippen LogP contribution in [-0.2, 0) is 6.42 Å². The van der Waals surface area contributed by atoms with E-state index in [1.54, 1.807) is 6.20 Å². The highest BCUT2D eigenvalue weighted by Crippen LogP contribution is 2.25. The van der Waals surface area contributed by atoms with Crippen molar-refractivity contribution in [2.24, 2.45) is 0 Å². The van der Waals surface area contributed by atoms with E-state index in [1.807, 2.05) is 31.4 Å². The van der Waals surface area contributed by atoms with Gasteiger partial charge >= 0.3 is 0 Å². The van der Waals surface area contributed by atoms with E-state index in [9.17, 15) is 0 Å². The molecule has 0 amide bonds. The van der Waals surface area contributed by atoms with Crippen LogP contribution in [-0.4, -0.2) is 12.0 Å². The van der Waals surface area contributed by atoms with Crippen LogP contribution in [0.5, 0.6) is 0 Å². The summed E-state index contributed by atoms with van der Waals surface area (Å²) in [6.07, 6.45) is 4.60. The maximum absolute atomic E-state index is 6.17. The summed E-state index contributed by atoms with van der Waals surface area (Å²) < 4.78 is 1.08. The predicted octanol–water partition coefficient (Wildman–Crippen LogP) is 3.84. The summed E-state index contributed by atoms with van der Waals surface area (Å²) in [7, 11) is 1.97. The molecule has 18 heavy (non-hydrogen) atoms. The van der Waals surface area contributed by atoms with Crippen LogP contribution < -0.4 is 5.32 Å². The number of nitrogens with one attached hydrogen (secondary N) is 1. The number of hydrogen-bond donors (Lipinski definition) is 1. The van der Waals surface area contributed by atoms with Gasteiger partial charge in [0.15, 0.2) is 0 Å². The molecule has 0 aliphatic heterocycles. The molecule has 2 nitrogen and oxygen atoms in total. The molecule has 0 saturated heterocycles. The quantitative estimate of drug-likeness (QED) is 0.825. The van der Waals surface area contributed by atoms with Crippen LogP contribution in [0.25, 0.3) is 0 Å². The zero-order valence-electron chi connectivity index (χ0n) is 10.0. The van der Waals surface area contributed by atoms with Gasteiger partial charge in [-0.3, -0.25) is 4.98 Å². The summed E-state index contributed by atoms with van der Waals surface area (Å²) in [4.78, 5) is 4.14. The normalized spacial score (nSPS) is 12.4. The lowest BCUT2D eigenvalue weighted by molar-refractivity contribution is 0.591. The molecule has 1 aromatic heterocycles. The van der Waals surface area contributed by atoms with Gasteiger partial charge in [-0.15, -0.1) is 0 Å². The number of nitrogens with zero attached hydrogens (tertiary/aromatic N) is 1. The first-order valence-electron chi connectivity index (χ1n) is 5.72. The molecule has 2 aromatic rings. The van der Waals surface area contributed by atoms with E-state index < -0.39 is 0 Å². The predicted molar refractivity (Wildman–Crippen MR) is 83.9 cm³/mol. The summed E-state index contributed by atoms with van der Waals surface area (Å²) in [5.41, 5.74) is 2.42. The summed E-state index contributed by atoms with van der Waals surface area (Å²) in [5, 5.41) is 4.13. The highest BCUT2D eigenvalue weighted by atomic mass is 127. The van der Waals surface area contributed by atoms with Crippen molar-refractivity contribution in [2.75, 3.05) is 7.05 Å². The van der Waals surface area contributed by atoms with Gasteiger partial charge in [0, 0.05) is 22.0 Å². The molecule has 0 radical (unpaired) electrons. The second-order valence-corrected chi connectivity index (χ2v) is 5.65. The Morgan fingerprint density at radius 3 is 2.83 bits per heavy atom. The molecule has 94 valence electrons. The summed E-state index contributed by atoms with van der Waals surface area (Å²) in [6, 6.07) is 10.5. The fourth-order valence-electron chi connectivity index (χ4n) is 1.87. The monoisotopic (exact) mass is 372 g/mol. The van der Waals surface area contributed by atoms with Gasteiger partial charge in [-0.2, -0.15) is 0 Å². The Labute approximate surface area is 126 Å². The van der Waals surface area contributed by atoms with Crippen molar-refractivity contribution in [1.29, 1.82) is 0 Å². The molecule has 0 bridgehead atoms. The SMILES string of the molecule is CNC(Cc1cccnc1)c1ccc(I)c(Cl)c1. The Kier molecular flexibility index (Phi) is 4.97. The van der Waals surface area contributed by atoms with E-state index in [-0.39, 0.29) is 6.04 Å². The van der Waals surface area contributed by atoms with E-state index in [1.165, 1.54) is 11.1 Å². The van der Waals surface area contributed by atoms with Gasteiger partial charge in [0.25, 0.3) is 0 Å². The number of benzene rings is 1. The van der Waals surface area contributed by atoms with Gasteiger partial charge < -0.3 is 5.32 Å². The highest BCUT2D eigenvalue weighted by Gasteiger charge is 2.11. The van der Waals surface area contributed by atoms with Crippen LogP contribution >= 0.6 is 34.2 Å². The molecule has 1 heterocycles. The lowest BCUT2D eigenvalue weighted by atomic mass is 10.0. The molecule has 1 atom stereocenters. The molecule has 0 aliphatic carbocycles. The number of rotatable bonds is 4. The van der Waals surface area contributed by atoms with Crippen LogP contribution in [0.1, 0.15) is 17.2 Å². The number of hydrogen-bond acceptors (Lipinski definition) is 2. The van der Waals surface area contributed by atoms with E-state index in [0.29, 0.717) is 0 Å². The molecular formula is C14H14ClIN2. The first-order valence-corrected chi connectivity index (χ1v) is 7.17. The third-order valence-corrected chi connectivity index (χ3v) is 4.43. The molecule has 0 fully saturated rings. The van der Waals surface area contributed by atoms with Crippen molar-refractivity contribution in [1.82, 2.24) is 10.3 Å². The van der Waals surface area contributed by atoms with E-state index in [0.717, 1.165) is 15.0 Å². The Morgan fingerprint density at radius 2 is 2.22 bits per heavy atom. The average molecular weight is 373 g/mol. The zero-order chi connectivity index (χ0) is 13.0. The molecule has 0 aliphatic rings. The Hall–Kier alpha value is -0.650. The highest BCUT2D eigenvalue weighted by molar-refractivity contribution is 14.1. The summed E-state index contributed by atoms with van der Waals surface area (Å²) in [6.45, 7) is 0. The van der Waals surface area contributed by atoms with Crippen molar-refractivity contribution in [3.05, 3.63) is 62.4 Å². The number of likely N-dealkylation sites (N-methyl/N-ethyl adjacent to an activating group) is 1. The Balaban J connectivity index is 2.20. The summed E-state index contributed by atoms with van der Waals surface area (Å²) in [5.74, 6) is 0. The molecule has 0 spiro atoms. The summed E-state index contributed by atoms with van der Waals surface area (Å²) >= 11 is 8.41. The van der Waals surface area contributed by atoms with Gasteiger partial charge in [0.2, 0.25) is 0 Å². The first kappa shape index (κ1) is 13.8. The lowest BCUT2D eigenvalue weighted by Gasteiger charge is -2.17. The van der Waals surface area contributed by atoms with Gasteiger partial charge in [0.1, 0.15) is 0 Å². The third kappa shape index (κ3) is 3.43. The van der Waals surface area contributed by atoms with Crippen molar-refractivity contribution in [3.63, 3.8) is 0 Å². The largest absolute Gasteiger partial charge is 0.313 e. The van der Waals surface area contributed by atoms with Crippen LogP contribution in [0.3, 0.4) is 0 Å². The van der Waals surface area contributed by atoms with Crippen LogP contribution in [0, 0.1) is 3.57 Å². The number of halogens is 2. The lowest BCUT2D eigenvalue weighted by Crippen LogP contribution is -2.18. The van der Waals surface area contributed by atoms with Gasteiger partial charge in [-0.05, 0) is 65.4 Å². The van der Waals surface area contributed by atoms with Crippen molar-refractivity contribution < 1.29 is 0 Å². The van der Waals surface area contributed by atoms with Crippen molar-refractivity contribution in [2.45, 2.75) is 12.5 Å². The minimum Gasteiger partial charge on any atom is -0.313 e. The van der Waals surface area contributed by atoms with Crippen LogP contribution in [0.2, 0.25) is 5.02 Å². The van der Waals surface area contributed by atoms with Crippen molar-refractivity contribution in [3.8, 4) is 0 Å². The van der Waals surface area contributed by atoms with E-state index in [4.69, 9.17) is 11.6 Å². The van der Waals surface area contributed by atoms with E-state index >= 15 is 0 Å². The van der Waals surface area contributed by atoms with Gasteiger partial charge in [-0.1, -0.05) is 23.7 Å². The minimum atomic E-state index is 0.253. The number of aromatic nitrogens is 1. The molecule has 1 aromatic carbocycles. The topological polar surface area (TPSA) is 24.9 Å². The molecule has 1 unspecified atom stereocenters. The van der Waals surface area contributed by atoms with Gasteiger partial charge in [-0.25, -0.2) is 0 Å². The fourth-order valence-corrected chi connectivity index (χ4v) is 2.39. The minimum absolute atomic E-state index is 0.253. The molecule has 2 rings (SSSR count). The Bertz CT molecular complexity index is 516. The third-order valence-electron chi connectivity index (χ3n) is 2.86. The Morgan fingerprint density at radius 1 is 1.39 bits per heavy atom. The number of pyridine rings is 1. The average Bonchev–Trinajstić information content (AvgIpc) is 2.40.